The van der Waals surface area contributed by atoms with E-state index in [2.05, 4.69) is 28.6 Å². The van der Waals surface area contributed by atoms with Gasteiger partial charge in [0.2, 0.25) is 17.7 Å². The monoisotopic (exact) mass is 446 g/mol. The summed E-state index contributed by atoms with van der Waals surface area (Å²) in [6, 6.07) is -3.75. The van der Waals surface area contributed by atoms with Crippen molar-refractivity contribution >= 4 is 36.3 Å². The molecule has 30 heavy (non-hydrogen) atoms. The van der Waals surface area contributed by atoms with Crippen LogP contribution in [0.1, 0.15) is 54.4 Å². The van der Waals surface area contributed by atoms with Crippen molar-refractivity contribution in [2.24, 2.45) is 23.5 Å². The van der Waals surface area contributed by atoms with E-state index in [1.165, 1.54) is 0 Å². The Balaban J connectivity index is 5.30. The van der Waals surface area contributed by atoms with Crippen LogP contribution in [0.5, 0.6) is 0 Å². The number of carboxylic acid groups (broad SMARTS) is 1. The van der Waals surface area contributed by atoms with Crippen molar-refractivity contribution in [3.63, 3.8) is 0 Å². The fourth-order valence-corrected chi connectivity index (χ4v) is 3.06. The molecule has 0 aliphatic heterocycles. The van der Waals surface area contributed by atoms with Gasteiger partial charge in [-0.2, -0.15) is 12.6 Å². The van der Waals surface area contributed by atoms with Gasteiger partial charge in [0.15, 0.2) is 0 Å². The summed E-state index contributed by atoms with van der Waals surface area (Å²) in [6.07, 6.45) is 1.05. The van der Waals surface area contributed by atoms with Gasteiger partial charge in [-0.1, -0.05) is 48.0 Å². The van der Waals surface area contributed by atoms with Gasteiger partial charge in [-0.3, -0.25) is 14.4 Å². The molecule has 0 aliphatic carbocycles. The van der Waals surface area contributed by atoms with Crippen molar-refractivity contribution in [2.75, 3.05) is 5.75 Å². The molecule has 6 N–H and O–H groups in total. The van der Waals surface area contributed by atoms with E-state index in [1.54, 1.807) is 20.8 Å². The molecule has 0 aromatic heterocycles. The number of nitrogens with two attached hydrogens (primary N) is 1. The number of hydrogen-bond acceptors (Lipinski definition) is 6. The van der Waals surface area contributed by atoms with E-state index >= 15 is 0 Å². The maximum Gasteiger partial charge on any atom is 0.326 e. The second kappa shape index (κ2) is 13.5. The SMILES string of the molecule is CCC(C)C(NC(=O)C(CS)NC(=O)C(N)CC(C)C)C(=O)NC(C(=O)O)C(C)C. The lowest BCUT2D eigenvalue weighted by Gasteiger charge is -2.28. The lowest BCUT2D eigenvalue weighted by molar-refractivity contribution is -0.144. The molecule has 5 atom stereocenters. The number of amides is 3. The molecule has 10 heteroatoms. The largest absolute Gasteiger partial charge is 0.480 e. The smallest absolute Gasteiger partial charge is 0.326 e. The minimum Gasteiger partial charge on any atom is -0.480 e. The van der Waals surface area contributed by atoms with Crippen LogP contribution in [0.2, 0.25) is 0 Å². The molecule has 0 saturated carbocycles. The molecule has 0 spiro atoms. The van der Waals surface area contributed by atoms with Crippen molar-refractivity contribution < 1.29 is 24.3 Å². The second-order valence-electron chi connectivity index (χ2n) is 8.42. The summed E-state index contributed by atoms with van der Waals surface area (Å²) in [7, 11) is 0. The summed E-state index contributed by atoms with van der Waals surface area (Å²) in [5.41, 5.74) is 5.86. The standard InChI is InChI=1S/C20H38N4O5S/c1-7-12(6)16(19(27)23-15(11(4)5)20(28)29)24-18(26)14(9-30)22-17(25)13(21)8-10(2)3/h10-16,30H,7-9,21H2,1-6H3,(H,22,25)(H,23,27)(H,24,26)(H,28,29). The molecule has 5 unspecified atom stereocenters. The summed E-state index contributed by atoms with van der Waals surface area (Å²) < 4.78 is 0. The van der Waals surface area contributed by atoms with E-state index in [0.717, 1.165) is 0 Å². The minimum atomic E-state index is -1.15. The van der Waals surface area contributed by atoms with Crippen molar-refractivity contribution in [3.8, 4) is 0 Å². The van der Waals surface area contributed by atoms with Crippen molar-refractivity contribution in [3.05, 3.63) is 0 Å². The Bertz CT molecular complexity index is 600. The number of carbonyl (C=O) groups is 4. The number of nitrogens with one attached hydrogen (secondary N) is 3. The van der Waals surface area contributed by atoms with E-state index in [0.29, 0.717) is 12.8 Å². The Morgan fingerprint density at radius 3 is 1.83 bits per heavy atom. The maximum atomic E-state index is 12.7. The van der Waals surface area contributed by atoms with E-state index < -0.39 is 47.9 Å². The summed E-state index contributed by atoms with van der Waals surface area (Å²) in [5.74, 6) is -3.12. The van der Waals surface area contributed by atoms with E-state index in [4.69, 9.17) is 5.73 Å². The summed E-state index contributed by atoms with van der Waals surface area (Å²) >= 11 is 4.13. The van der Waals surface area contributed by atoms with Gasteiger partial charge < -0.3 is 26.8 Å². The Hall–Kier alpha value is -1.81. The molecular weight excluding hydrogens is 408 g/mol. The Kier molecular flexibility index (Phi) is 12.7. The third-order valence-corrected chi connectivity index (χ3v) is 5.27. The zero-order valence-electron chi connectivity index (χ0n) is 18.8. The Morgan fingerprint density at radius 2 is 1.43 bits per heavy atom. The van der Waals surface area contributed by atoms with Crippen LogP contribution in [0.15, 0.2) is 0 Å². The first-order valence-electron chi connectivity index (χ1n) is 10.4. The third kappa shape index (κ3) is 9.34. The van der Waals surface area contributed by atoms with Crippen LogP contribution in [0.4, 0.5) is 0 Å². The first kappa shape index (κ1) is 28.2. The van der Waals surface area contributed by atoms with Gasteiger partial charge in [-0.25, -0.2) is 4.79 Å². The highest BCUT2D eigenvalue weighted by molar-refractivity contribution is 7.80. The normalized spacial score (nSPS) is 16.3. The predicted octanol–water partition coefficient (Wildman–Crippen LogP) is 0.531. The fourth-order valence-electron chi connectivity index (χ4n) is 2.80. The molecular formula is C20H38N4O5S. The average Bonchev–Trinajstić information content (AvgIpc) is 2.65. The van der Waals surface area contributed by atoms with Gasteiger partial charge in [0.25, 0.3) is 0 Å². The highest BCUT2D eigenvalue weighted by Crippen LogP contribution is 2.11. The van der Waals surface area contributed by atoms with Crippen LogP contribution < -0.4 is 21.7 Å². The van der Waals surface area contributed by atoms with Gasteiger partial charge >= 0.3 is 5.97 Å². The second-order valence-corrected chi connectivity index (χ2v) is 8.79. The molecule has 0 fully saturated rings. The molecule has 174 valence electrons. The average molecular weight is 447 g/mol. The number of carboxylic acids is 1. The van der Waals surface area contributed by atoms with Crippen molar-refractivity contribution in [1.29, 1.82) is 0 Å². The highest BCUT2D eigenvalue weighted by Gasteiger charge is 2.33. The number of aliphatic carboxylic acids is 1. The lowest BCUT2D eigenvalue weighted by Crippen LogP contribution is -2.59. The van der Waals surface area contributed by atoms with Crippen LogP contribution in [0.25, 0.3) is 0 Å². The van der Waals surface area contributed by atoms with Gasteiger partial charge in [0.05, 0.1) is 6.04 Å². The van der Waals surface area contributed by atoms with E-state index in [-0.39, 0.29) is 23.5 Å². The first-order valence-corrected chi connectivity index (χ1v) is 11.0. The predicted molar refractivity (Wildman–Crippen MR) is 119 cm³/mol. The number of hydrogen-bond donors (Lipinski definition) is 6. The Labute approximate surface area is 184 Å². The minimum absolute atomic E-state index is 0.0184. The van der Waals surface area contributed by atoms with Crippen LogP contribution in [0, 0.1) is 17.8 Å². The Morgan fingerprint density at radius 1 is 0.900 bits per heavy atom. The molecule has 0 radical (unpaired) electrons. The lowest BCUT2D eigenvalue weighted by atomic mass is 9.96. The summed E-state index contributed by atoms with van der Waals surface area (Å²) in [6.45, 7) is 10.9. The summed E-state index contributed by atoms with van der Waals surface area (Å²) in [5, 5.41) is 17.0. The zero-order valence-corrected chi connectivity index (χ0v) is 19.7. The third-order valence-electron chi connectivity index (χ3n) is 4.90. The fraction of sp³-hybridized carbons (Fsp3) is 0.800. The molecule has 9 nitrogen and oxygen atoms in total. The van der Waals surface area contributed by atoms with Gasteiger partial charge in [-0.05, 0) is 24.2 Å². The van der Waals surface area contributed by atoms with E-state index in [1.807, 2.05) is 20.8 Å². The number of thiol groups is 1. The van der Waals surface area contributed by atoms with E-state index in [9.17, 15) is 24.3 Å². The quantitative estimate of drug-likeness (QED) is 0.227. The molecule has 0 aromatic carbocycles. The maximum absolute atomic E-state index is 12.7. The van der Waals surface area contributed by atoms with Crippen LogP contribution >= 0.6 is 12.6 Å². The highest BCUT2D eigenvalue weighted by atomic mass is 32.1. The molecule has 0 aromatic rings. The number of carbonyl (C=O) groups excluding carboxylic acids is 3. The molecule has 0 bridgehead atoms. The van der Waals surface area contributed by atoms with Crippen LogP contribution in [-0.4, -0.2) is 58.7 Å². The molecule has 0 rings (SSSR count). The molecule has 0 heterocycles. The first-order chi connectivity index (χ1) is 13.8. The van der Waals surface area contributed by atoms with Gasteiger partial charge in [0.1, 0.15) is 18.1 Å². The zero-order chi connectivity index (χ0) is 23.6. The number of rotatable bonds is 13. The van der Waals surface area contributed by atoms with Crippen molar-refractivity contribution in [1.82, 2.24) is 16.0 Å². The topological polar surface area (TPSA) is 151 Å². The van der Waals surface area contributed by atoms with Gasteiger partial charge in [0, 0.05) is 5.75 Å². The molecule has 0 aliphatic rings. The van der Waals surface area contributed by atoms with Crippen LogP contribution in [0.3, 0.4) is 0 Å². The van der Waals surface area contributed by atoms with Crippen LogP contribution in [-0.2, 0) is 19.2 Å². The molecule has 3 amide bonds. The van der Waals surface area contributed by atoms with Crippen molar-refractivity contribution in [2.45, 2.75) is 78.6 Å². The van der Waals surface area contributed by atoms with Gasteiger partial charge in [-0.15, -0.1) is 0 Å². The summed E-state index contributed by atoms with van der Waals surface area (Å²) in [4.78, 5) is 49.1. The molecule has 0 saturated heterocycles.